The van der Waals surface area contributed by atoms with Gasteiger partial charge in [0.2, 0.25) is 16.0 Å². The number of likely N-dealkylation sites (tertiary alicyclic amines) is 1. The fourth-order valence-electron chi connectivity index (χ4n) is 6.00. The number of nitrogens with one attached hydrogen (secondary N) is 3. The molecule has 0 amide bonds. The highest BCUT2D eigenvalue weighted by atomic mass is 32.2. The third-order valence-electron chi connectivity index (χ3n) is 8.57. The van der Waals surface area contributed by atoms with Gasteiger partial charge >= 0.3 is 6.18 Å². The first-order chi connectivity index (χ1) is 23.7. The minimum Gasteiger partial charge on any atom is -0.389 e. The summed E-state index contributed by atoms with van der Waals surface area (Å²) < 4.78 is 91.4. The van der Waals surface area contributed by atoms with Gasteiger partial charge in [-0.25, -0.2) is 27.5 Å². The molecule has 18 heteroatoms. The second-order valence-electron chi connectivity index (χ2n) is 13.3. The Hall–Kier alpha value is -3.26. The molecule has 0 spiro atoms. The normalized spacial score (nSPS) is 17.3. The molecule has 3 aromatic rings. The highest BCUT2D eigenvalue weighted by Gasteiger charge is 2.36. The Bertz CT molecular complexity index is 1670. The standard InChI is InChI=1S/C32H45F4N9O4S/c1-31(2,46)22-45-21-24(18-39-45)29-26(32(34,35)36)19-38-30(42-29)41-28-4-3-25(17-27(28)33)50(47,48)40-9-15-49-16-14-43-10-5-23(6-11-43)20-44-12-7-37-8-13-44/h3-4,17-19,21,23,37,40,46H,5-16,20,22H2,1-2H3,(H,38,41,42). The second-order valence-corrected chi connectivity index (χ2v) is 15.1. The lowest BCUT2D eigenvalue weighted by Gasteiger charge is -2.36. The van der Waals surface area contributed by atoms with Crippen molar-refractivity contribution in [2.75, 3.05) is 77.4 Å². The van der Waals surface area contributed by atoms with E-state index in [0.29, 0.717) is 18.7 Å². The molecule has 276 valence electrons. The van der Waals surface area contributed by atoms with E-state index < -0.39 is 38.9 Å². The quantitative estimate of drug-likeness (QED) is 0.135. The Morgan fingerprint density at radius 3 is 2.48 bits per heavy atom. The van der Waals surface area contributed by atoms with E-state index in [2.05, 4.69) is 40.2 Å². The van der Waals surface area contributed by atoms with Gasteiger partial charge in [-0.3, -0.25) is 4.68 Å². The molecular formula is C32H45F4N9O4S. The van der Waals surface area contributed by atoms with Gasteiger partial charge in [0.1, 0.15) is 11.4 Å². The summed E-state index contributed by atoms with van der Waals surface area (Å²) in [4.78, 5) is 12.2. The summed E-state index contributed by atoms with van der Waals surface area (Å²) in [5, 5.41) is 19.9. The topological polar surface area (TPSA) is 150 Å². The molecule has 0 saturated carbocycles. The van der Waals surface area contributed by atoms with Gasteiger partial charge in [0.05, 0.1) is 47.8 Å². The molecule has 1 aromatic carbocycles. The number of alkyl halides is 3. The van der Waals surface area contributed by atoms with Crippen LogP contribution in [0.1, 0.15) is 32.3 Å². The molecule has 13 nitrogen and oxygen atoms in total. The molecule has 2 aromatic heterocycles. The molecule has 0 aliphatic carbocycles. The van der Waals surface area contributed by atoms with Crippen molar-refractivity contribution in [3.8, 4) is 11.3 Å². The van der Waals surface area contributed by atoms with Crippen LogP contribution in [0.25, 0.3) is 11.3 Å². The molecule has 0 unspecified atom stereocenters. The van der Waals surface area contributed by atoms with Crippen LogP contribution in [0.3, 0.4) is 0 Å². The van der Waals surface area contributed by atoms with E-state index in [1.54, 1.807) is 0 Å². The number of aromatic nitrogens is 4. The lowest BCUT2D eigenvalue weighted by atomic mass is 9.96. The number of aliphatic hydroxyl groups is 1. The van der Waals surface area contributed by atoms with Crippen molar-refractivity contribution in [2.24, 2.45) is 5.92 Å². The Morgan fingerprint density at radius 2 is 1.80 bits per heavy atom. The first kappa shape index (κ1) is 38.0. The number of rotatable bonds is 15. The molecular weight excluding hydrogens is 682 g/mol. The van der Waals surface area contributed by atoms with E-state index in [0.717, 1.165) is 83.4 Å². The number of benzene rings is 1. The van der Waals surface area contributed by atoms with Gasteiger partial charge in [-0.1, -0.05) is 0 Å². The maximum Gasteiger partial charge on any atom is 0.419 e. The zero-order valence-corrected chi connectivity index (χ0v) is 29.0. The van der Waals surface area contributed by atoms with Crippen LogP contribution in [0.2, 0.25) is 0 Å². The predicted octanol–water partition coefficient (Wildman–Crippen LogP) is 2.92. The van der Waals surface area contributed by atoms with Crippen LogP contribution >= 0.6 is 0 Å². The van der Waals surface area contributed by atoms with Gasteiger partial charge < -0.3 is 30.3 Å². The number of piperazine rings is 1. The molecule has 2 saturated heterocycles. The lowest BCUT2D eigenvalue weighted by Crippen LogP contribution is -2.47. The van der Waals surface area contributed by atoms with Crippen LogP contribution in [-0.2, 0) is 27.5 Å². The van der Waals surface area contributed by atoms with Gasteiger partial charge in [0.15, 0.2) is 0 Å². The number of nitrogens with zero attached hydrogens (tertiary/aromatic N) is 6. The fourth-order valence-corrected chi connectivity index (χ4v) is 7.03. The van der Waals surface area contributed by atoms with Crippen molar-refractivity contribution in [3.05, 3.63) is 48.2 Å². The summed E-state index contributed by atoms with van der Waals surface area (Å²) in [5.74, 6) is -0.620. The van der Waals surface area contributed by atoms with Crippen molar-refractivity contribution in [1.82, 2.24) is 39.6 Å². The third kappa shape index (κ3) is 10.9. The maximum absolute atomic E-state index is 15.1. The molecule has 4 heterocycles. The first-order valence-electron chi connectivity index (χ1n) is 16.7. The van der Waals surface area contributed by atoms with Gasteiger partial charge in [-0.15, -0.1) is 0 Å². The number of ether oxygens (including phenoxy) is 1. The third-order valence-corrected chi connectivity index (χ3v) is 10.0. The van der Waals surface area contributed by atoms with Gasteiger partial charge in [-0.05, 0) is 63.9 Å². The second kappa shape index (κ2) is 16.4. The Labute approximate surface area is 289 Å². The van der Waals surface area contributed by atoms with Crippen molar-refractivity contribution < 1.29 is 35.8 Å². The number of hydrogen-bond acceptors (Lipinski definition) is 11. The summed E-state index contributed by atoms with van der Waals surface area (Å²) in [6.45, 7) is 12.0. The van der Waals surface area contributed by atoms with Crippen molar-refractivity contribution >= 4 is 21.7 Å². The number of halogens is 4. The molecule has 0 atom stereocenters. The van der Waals surface area contributed by atoms with E-state index >= 15 is 4.39 Å². The zero-order chi connectivity index (χ0) is 35.9. The minimum absolute atomic E-state index is 0.00506. The minimum atomic E-state index is -4.80. The molecule has 0 bridgehead atoms. The van der Waals surface area contributed by atoms with E-state index in [1.165, 1.54) is 30.9 Å². The molecule has 50 heavy (non-hydrogen) atoms. The average molecular weight is 728 g/mol. The molecule has 2 aliphatic heterocycles. The highest BCUT2D eigenvalue weighted by Crippen LogP contribution is 2.36. The molecule has 2 aliphatic rings. The summed E-state index contributed by atoms with van der Waals surface area (Å²) in [6, 6.07) is 3.09. The Morgan fingerprint density at radius 1 is 1.06 bits per heavy atom. The molecule has 2 fully saturated rings. The SMILES string of the molecule is CC(C)(O)Cn1cc(-c2nc(Nc3ccc(S(=O)(=O)NCCOCCN4CCC(CN5CCNCC5)CC4)cc3F)ncc2C(F)(F)F)cn1. The fraction of sp³-hybridized carbons (Fsp3) is 0.594. The number of sulfonamides is 1. The van der Waals surface area contributed by atoms with Gasteiger partial charge in [0.25, 0.3) is 0 Å². The number of piperidine rings is 1. The molecule has 5 rings (SSSR count). The van der Waals surface area contributed by atoms with Gasteiger partial charge in [-0.2, -0.15) is 18.3 Å². The van der Waals surface area contributed by atoms with Crippen LogP contribution in [0.5, 0.6) is 0 Å². The van der Waals surface area contributed by atoms with Gasteiger partial charge in [0, 0.05) is 63.8 Å². The van der Waals surface area contributed by atoms with E-state index in [-0.39, 0.29) is 41.8 Å². The first-order valence-corrected chi connectivity index (χ1v) is 18.1. The van der Waals surface area contributed by atoms with Crippen LogP contribution in [0.4, 0.5) is 29.2 Å². The summed E-state index contributed by atoms with van der Waals surface area (Å²) in [7, 11) is -4.07. The van der Waals surface area contributed by atoms with Crippen LogP contribution in [0.15, 0.2) is 41.7 Å². The highest BCUT2D eigenvalue weighted by molar-refractivity contribution is 7.89. The van der Waals surface area contributed by atoms with Crippen LogP contribution in [-0.4, -0.2) is 121 Å². The monoisotopic (exact) mass is 727 g/mol. The van der Waals surface area contributed by atoms with E-state index in [4.69, 9.17) is 4.74 Å². The summed E-state index contributed by atoms with van der Waals surface area (Å²) in [6.07, 6.45) is 0.556. The van der Waals surface area contributed by atoms with Crippen molar-refractivity contribution in [1.29, 1.82) is 0 Å². The zero-order valence-electron chi connectivity index (χ0n) is 28.2. The largest absolute Gasteiger partial charge is 0.419 e. The van der Waals surface area contributed by atoms with Crippen LogP contribution in [0, 0.1) is 11.7 Å². The summed E-state index contributed by atoms with van der Waals surface area (Å²) >= 11 is 0. The average Bonchev–Trinajstić information content (AvgIpc) is 3.51. The molecule has 4 N–H and O–H groups in total. The molecule has 0 radical (unpaired) electrons. The Balaban J connectivity index is 1.10. The van der Waals surface area contributed by atoms with Crippen molar-refractivity contribution in [3.63, 3.8) is 0 Å². The van der Waals surface area contributed by atoms with Crippen LogP contribution < -0.4 is 15.4 Å². The lowest BCUT2D eigenvalue weighted by molar-refractivity contribution is -0.137. The number of hydrogen-bond donors (Lipinski definition) is 4. The Kier molecular flexibility index (Phi) is 12.5. The predicted molar refractivity (Wildman–Crippen MR) is 179 cm³/mol. The van der Waals surface area contributed by atoms with Crippen molar-refractivity contribution in [2.45, 2.75) is 49.9 Å². The smallest absolute Gasteiger partial charge is 0.389 e. The van der Waals surface area contributed by atoms with E-state index in [1.807, 2.05) is 0 Å². The maximum atomic E-state index is 15.1. The number of anilines is 2. The summed E-state index contributed by atoms with van der Waals surface area (Å²) in [5.41, 5.74) is -3.05. The van der Waals surface area contributed by atoms with E-state index in [9.17, 15) is 26.7 Å².